The number of para-hydroxylation sites is 2. The number of fused-ring (bicyclic) bond motifs is 4. The Bertz CT molecular complexity index is 2590. The molecule has 0 radical (unpaired) electrons. The number of imidazole rings is 1. The van der Waals surface area contributed by atoms with Crippen molar-refractivity contribution >= 4 is 44.1 Å². The molecular formula is C45H41N2O+. The summed E-state index contributed by atoms with van der Waals surface area (Å²) >= 11 is 0. The minimum atomic E-state index is -2.22. The SMILES string of the molecule is [2H]C([2H])([2H])c1ccc2c(c1)oc1c(-c3n(-c4ccc(C5=CC=C(c6ccccc6)CC=C5)cc4C(C)(C)C)c4ccccc4[n+]3C)c(C)ccc12. The molecule has 7 aromatic rings. The highest BCUT2D eigenvalue weighted by atomic mass is 16.3. The molecule has 1 aliphatic carbocycles. The summed E-state index contributed by atoms with van der Waals surface area (Å²) in [4.78, 5) is 0. The van der Waals surface area contributed by atoms with Crippen LogP contribution in [0.3, 0.4) is 0 Å². The molecular weight excluding hydrogens is 585 g/mol. The smallest absolute Gasteiger partial charge is 0.298 e. The average Bonchev–Trinajstić information content (AvgIpc) is 3.49. The standard InChI is InChI=1S/C45H41N2O/c1-29-19-24-35-36-25-20-30(2)42(43(36)48-41(35)27-29)44-46(6)39-17-10-11-18-40(39)47(44)38-26-23-34(28-37(38)45(3,4)5)33-16-12-15-32(21-22-33)31-13-8-7-9-14-31/h7-14,16-28H,15H2,1-6H3/q+1/i1D3. The van der Waals surface area contributed by atoms with Crippen LogP contribution in [0.2, 0.25) is 0 Å². The largest absolute Gasteiger partial charge is 0.455 e. The molecule has 3 heteroatoms. The van der Waals surface area contributed by atoms with Crippen molar-refractivity contribution in [2.45, 2.75) is 46.4 Å². The molecule has 0 aliphatic heterocycles. The van der Waals surface area contributed by atoms with E-state index in [-0.39, 0.29) is 11.0 Å². The van der Waals surface area contributed by atoms with Crippen molar-refractivity contribution < 1.29 is 13.1 Å². The molecule has 236 valence electrons. The fourth-order valence-electron chi connectivity index (χ4n) is 7.25. The zero-order valence-electron chi connectivity index (χ0n) is 31.1. The third-order valence-corrected chi connectivity index (χ3v) is 9.71. The first-order valence-corrected chi connectivity index (χ1v) is 16.6. The summed E-state index contributed by atoms with van der Waals surface area (Å²) in [6.07, 6.45) is 9.89. The van der Waals surface area contributed by atoms with Gasteiger partial charge in [-0.15, -0.1) is 0 Å². The lowest BCUT2D eigenvalue weighted by molar-refractivity contribution is -0.633. The minimum absolute atomic E-state index is 0.182. The van der Waals surface area contributed by atoms with E-state index in [2.05, 4.69) is 153 Å². The van der Waals surface area contributed by atoms with Crippen molar-refractivity contribution in [2.75, 3.05) is 0 Å². The Morgan fingerprint density at radius 2 is 1.60 bits per heavy atom. The van der Waals surface area contributed by atoms with Gasteiger partial charge in [-0.05, 0) is 89.3 Å². The molecule has 1 aliphatic rings. The summed E-state index contributed by atoms with van der Waals surface area (Å²) < 4.78 is 35.2. The van der Waals surface area contributed by atoms with Gasteiger partial charge >= 0.3 is 0 Å². The number of aryl methyl sites for hydroxylation is 3. The fourth-order valence-corrected chi connectivity index (χ4v) is 7.25. The molecule has 0 unspecified atom stereocenters. The van der Waals surface area contributed by atoms with Crippen LogP contribution < -0.4 is 4.57 Å². The quantitative estimate of drug-likeness (QED) is 0.178. The topological polar surface area (TPSA) is 21.9 Å². The maximum absolute atomic E-state index is 7.99. The maximum Gasteiger partial charge on any atom is 0.298 e. The van der Waals surface area contributed by atoms with Gasteiger partial charge in [-0.1, -0.05) is 118 Å². The van der Waals surface area contributed by atoms with E-state index in [1.165, 1.54) is 27.8 Å². The maximum atomic E-state index is 7.99. The van der Waals surface area contributed by atoms with E-state index in [0.29, 0.717) is 5.58 Å². The Kier molecular flexibility index (Phi) is 6.32. The first-order chi connectivity index (χ1) is 24.4. The van der Waals surface area contributed by atoms with Gasteiger partial charge in [0.2, 0.25) is 0 Å². The molecule has 5 aromatic carbocycles. The zero-order chi connectivity index (χ0) is 35.7. The lowest BCUT2D eigenvalue weighted by Gasteiger charge is -2.23. The lowest BCUT2D eigenvalue weighted by Crippen LogP contribution is -2.30. The van der Waals surface area contributed by atoms with Gasteiger partial charge in [0.05, 0.1) is 7.05 Å². The van der Waals surface area contributed by atoms with Crippen LogP contribution in [0, 0.1) is 13.8 Å². The Hall–Kier alpha value is -5.41. The molecule has 48 heavy (non-hydrogen) atoms. The van der Waals surface area contributed by atoms with E-state index < -0.39 is 6.85 Å². The second kappa shape index (κ2) is 11.4. The van der Waals surface area contributed by atoms with Crippen LogP contribution in [0.5, 0.6) is 0 Å². The molecule has 8 rings (SSSR count). The molecule has 0 saturated carbocycles. The van der Waals surface area contributed by atoms with Gasteiger partial charge in [-0.25, -0.2) is 4.57 Å². The molecule has 3 nitrogen and oxygen atoms in total. The highest BCUT2D eigenvalue weighted by molar-refractivity contribution is 6.10. The number of benzene rings is 5. The van der Waals surface area contributed by atoms with Gasteiger partial charge in [0.25, 0.3) is 5.82 Å². The first kappa shape index (κ1) is 26.6. The Morgan fingerprint density at radius 3 is 2.42 bits per heavy atom. The predicted molar refractivity (Wildman–Crippen MR) is 201 cm³/mol. The van der Waals surface area contributed by atoms with E-state index >= 15 is 0 Å². The molecule has 0 N–H and O–H groups in total. The van der Waals surface area contributed by atoms with E-state index in [1.54, 1.807) is 12.1 Å². The lowest BCUT2D eigenvalue weighted by atomic mass is 9.83. The molecule has 0 fully saturated rings. The van der Waals surface area contributed by atoms with Crippen molar-refractivity contribution in [2.24, 2.45) is 7.05 Å². The van der Waals surface area contributed by atoms with Crippen LogP contribution in [0.1, 0.15) is 59.1 Å². The first-order valence-electron chi connectivity index (χ1n) is 18.1. The Labute approximate surface area is 287 Å². The molecule has 2 aromatic heterocycles. The summed E-state index contributed by atoms with van der Waals surface area (Å²) in [5.74, 6) is 0.997. The second-order valence-corrected chi connectivity index (χ2v) is 13.9. The van der Waals surface area contributed by atoms with Crippen LogP contribution in [-0.4, -0.2) is 4.57 Å². The molecule has 0 saturated heterocycles. The molecule has 0 bridgehead atoms. The second-order valence-electron chi connectivity index (χ2n) is 13.9. The van der Waals surface area contributed by atoms with E-state index in [0.717, 1.165) is 56.4 Å². The van der Waals surface area contributed by atoms with Gasteiger partial charge in [0, 0.05) is 20.4 Å². The summed E-state index contributed by atoms with van der Waals surface area (Å²) in [6, 6.07) is 35.4. The third kappa shape index (κ3) is 4.93. The van der Waals surface area contributed by atoms with Gasteiger partial charge in [0.15, 0.2) is 16.6 Å². The summed E-state index contributed by atoms with van der Waals surface area (Å²) in [5.41, 5.74) is 12.9. The van der Waals surface area contributed by atoms with Crippen LogP contribution in [0.15, 0.2) is 132 Å². The van der Waals surface area contributed by atoms with Gasteiger partial charge in [-0.3, -0.25) is 0 Å². The number of nitrogens with zero attached hydrogens (tertiary/aromatic N) is 2. The highest BCUT2D eigenvalue weighted by Crippen LogP contribution is 2.41. The highest BCUT2D eigenvalue weighted by Gasteiger charge is 2.33. The van der Waals surface area contributed by atoms with Crippen molar-refractivity contribution in [3.05, 3.63) is 155 Å². The van der Waals surface area contributed by atoms with Gasteiger partial charge in [0.1, 0.15) is 16.8 Å². The van der Waals surface area contributed by atoms with Crippen LogP contribution in [0.4, 0.5) is 0 Å². The number of aromatic nitrogens is 2. The number of allylic oxidation sites excluding steroid dienone is 6. The molecule has 0 amide bonds. The normalized spacial score (nSPS) is 14.9. The fraction of sp³-hybridized carbons (Fsp3) is 0.178. The average molecular weight is 629 g/mol. The predicted octanol–water partition coefficient (Wildman–Crippen LogP) is 11.4. The molecule has 0 atom stereocenters. The summed E-state index contributed by atoms with van der Waals surface area (Å²) in [7, 11) is 2.12. The van der Waals surface area contributed by atoms with Crippen molar-refractivity contribution in [3.8, 4) is 17.1 Å². The van der Waals surface area contributed by atoms with E-state index in [9.17, 15) is 0 Å². The minimum Gasteiger partial charge on any atom is -0.455 e. The zero-order valence-corrected chi connectivity index (χ0v) is 28.1. The monoisotopic (exact) mass is 628 g/mol. The van der Waals surface area contributed by atoms with Crippen LogP contribution >= 0.6 is 0 Å². The van der Waals surface area contributed by atoms with Gasteiger partial charge < -0.3 is 4.42 Å². The molecule has 2 heterocycles. The Balaban J connectivity index is 1.36. The van der Waals surface area contributed by atoms with E-state index in [4.69, 9.17) is 8.53 Å². The third-order valence-electron chi connectivity index (χ3n) is 9.71. The number of rotatable bonds is 4. The van der Waals surface area contributed by atoms with E-state index in [1.807, 2.05) is 6.07 Å². The summed E-state index contributed by atoms with van der Waals surface area (Å²) in [6.45, 7) is 6.73. The van der Waals surface area contributed by atoms with Crippen molar-refractivity contribution in [1.29, 1.82) is 0 Å². The Morgan fingerprint density at radius 1 is 0.812 bits per heavy atom. The molecule has 0 spiro atoms. The van der Waals surface area contributed by atoms with Crippen LogP contribution in [0.25, 0.3) is 61.2 Å². The number of hydrogen-bond acceptors (Lipinski definition) is 1. The summed E-state index contributed by atoms with van der Waals surface area (Å²) in [5, 5.41) is 1.86. The number of furan rings is 1. The number of hydrogen-bond donors (Lipinski definition) is 0. The van der Waals surface area contributed by atoms with Gasteiger partial charge in [-0.2, -0.15) is 4.57 Å². The van der Waals surface area contributed by atoms with Crippen molar-refractivity contribution in [1.82, 2.24) is 4.57 Å². The van der Waals surface area contributed by atoms with Crippen molar-refractivity contribution in [3.63, 3.8) is 0 Å². The van der Waals surface area contributed by atoms with Crippen LogP contribution in [-0.2, 0) is 12.5 Å².